The third-order valence-electron chi connectivity index (χ3n) is 4.65. The Morgan fingerprint density at radius 1 is 1.07 bits per heavy atom. The Morgan fingerprint density at radius 3 is 2.69 bits per heavy atom. The molecule has 10 heteroatoms. The lowest BCUT2D eigenvalue weighted by Gasteiger charge is -2.24. The molecule has 0 N–H and O–H groups in total. The summed E-state index contributed by atoms with van der Waals surface area (Å²) < 4.78 is 39.5. The molecule has 0 aliphatic carbocycles. The Balaban J connectivity index is 1.41. The van der Waals surface area contributed by atoms with Gasteiger partial charge in [0.25, 0.3) is 5.89 Å². The van der Waals surface area contributed by atoms with Crippen molar-refractivity contribution < 1.29 is 18.0 Å². The largest absolute Gasteiger partial charge is 0.365 e. The summed E-state index contributed by atoms with van der Waals surface area (Å²) in [4.78, 5) is 4.24. The van der Waals surface area contributed by atoms with Gasteiger partial charge in [0, 0.05) is 10.6 Å². The Labute approximate surface area is 167 Å². The minimum Gasteiger partial charge on any atom is -0.365 e. The van der Waals surface area contributed by atoms with E-state index in [-0.39, 0.29) is 24.4 Å². The average molecular weight is 416 g/mol. The molecule has 0 fully saturated rings. The van der Waals surface area contributed by atoms with E-state index in [4.69, 9.17) is 20.9 Å². The zero-order valence-electron chi connectivity index (χ0n) is 14.7. The van der Waals surface area contributed by atoms with E-state index < -0.39 is 11.6 Å². The molecule has 1 aliphatic heterocycles. The third-order valence-corrected chi connectivity index (χ3v) is 4.90. The number of aromatic nitrogens is 5. The molecular formula is C19H12ClF2N5O2. The lowest BCUT2D eigenvalue weighted by Crippen LogP contribution is -2.22. The molecule has 7 nitrogen and oxygen atoms in total. The minimum atomic E-state index is -0.989. The lowest BCUT2D eigenvalue weighted by atomic mass is 10.1. The summed E-state index contributed by atoms with van der Waals surface area (Å²) >= 11 is 5.93. The maximum Gasteiger partial charge on any atom is 0.280 e. The first-order valence-corrected chi connectivity index (χ1v) is 9.05. The number of rotatable bonds is 3. The van der Waals surface area contributed by atoms with Gasteiger partial charge in [0.05, 0.1) is 18.8 Å². The summed E-state index contributed by atoms with van der Waals surface area (Å²) in [7, 11) is 0. The molecule has 5 rings (SSSR count). The molecule has 3 heterocycles. The van der Waals surface area contributed by atoms with Crippen molar-refractivity contribution in [1.82, 2.24) is 25.1 Å². The molecule has 2 aromatic heterocycles. The summed E-state index contributed by atoms with van der Waals surface area (Å²) in [6, 6.07) is 10.8. The van der Waals surface area contributed by atoms with Gasteiger partial charge in [-0.2, -0.15) is 4.98 Å². The maximum atomic E-state index is 13.5. The monoisotopic (exact) mass is 415 g/mol. The summed E-state index contributed by atoms with van der Waals surface area (Å²) in [6.07, 6.45) is -0.185. The number of benzene rings is 2. The van der Waals surface area contributed by atoms with Crippen LogP contribution in [0.1, 0.15) is 17.4 Å². The summed E-state index contributed by atoms with van der Waals surface area (Å²) in [5.41, 5.74) is 2.35. The molecule has 0 amide bonds. The second-order valence-corrected chi connectivity index (χ2v) is 6.91. The molecule has 146 valence electrons. The van der Waals surface area contributed by atoms with Crippen LogP contribution >= 0.6 is 11.6 Å². The van der Waals surface area contributed by atoms with Gasteiger partial charge in [-0.1, -0.05) is 34.1 Å². The van der Waals surface area contributed by atoms with Crippen LogP contribution in [0.15, 0.2) is 47.0 Å². The van der Waals surface area contributed by atoms with Crippen molar-refractivity contribution in [2.45, 2.75) is 19.3 Å². The highest BCUT2D eigenvalue weighted by molar-refractivity contribution is 6.30. The van der Waals surface area contributed by atoms with E-state index in [1.807, 2.05) is 12.1 Å². The first-order valence-electron chi connectivity index (χ1n) is 8.67. The third kappa shape index (κ3) is 3.28. The highest BCUT2D eigenvalue weighted by Crippen LogP contribution is 2.31. The molecular weight excluding hydrogens is 404 g/mol. The van der Waals surface area contributed by atoms with E-state index in [2.05, 4.69) is 20.5 Å². The smallest absolute Gasteiger partial charge is 0.280 e. The van der Waals surface area contributed by atoms with Gasteiger partial charge in [-0.15, -0.1) is 5.10 Å². The number of nitrogens with zero attached hydrogens (tertiary/aromatic N) is 5. The standard InChI is InChI=1S/C19H12ClF2N5O2/c20-12-4-1-10(2-5-12)16-8-27-15(9-28-16)17(24-26-27)19-23-18(25-29-19)11-3-6-13(21)14(22)7-11/h1-7,16H,8-9H2/t16-/m0/s1. The normalized spacial score (nSPS) is 16.0. The van der Waals surface area contributed by atoms with Crippen molar-refractivity contribution in [3.05, 3.63) is 70.4 Å². The number of halogens is 3. The van der Waals surface area contributed by atoms with Crippen molar-refractivity contribution in [2.24, 2.45) is 0 Å². The topological polar surface area (TPSA) is 78.9 Å². The molecule has 4 aromatic rings. The van der Waals surface area contributed by atoms with E-state index in [1.54, 1.807) is 16.8 Å². The fourth-order valence-electron chi connectivity index (χ4n) is 3.13. The van der Waals surface area contributed by atoms with Crippen molar-refractivity contribution in [3.8, 4) is 23.0 Å². The SMILES string of the molecule is Fc1ccc(-c2noc(-c3nnn4c3CO[C@H](c3ccc(Cl)cc3)C4)n2)cc1F. The van der Waals surface area contributed by atoms with Crippen molar-refractivity contribution in [3.63, 3.8) is 0 Å². The molecule has 1 aliphatic rings. The molecule has 0 bridgehead atoms. The van der Waals surface area contributed by atoms with Gasteiger partial charge in [0.15, 0.2) is 17.3 Å². The van der Waals surface area contributed by atoms with Crippen LogP contribution in [0.25, 0.3) is 23.0 Å². The molecule has 2 aromatic carbocycles. The number of ether oxygens (including phenoxy) is 1. The van der Waals surface area contributed by atoms with Gasteiger partial charge in [0.2, 0.25) is 5.82 Å². The Bertz CT molecular complexity index is 1190. The Morgan fingerprint density at radius 2 is 1.90 bits per heavy atom. The number of fused-ring (bicyclic) bond motifs is 1. The second-order valence-electron chi connectivity index (χ2n) is 6.47. The van der Waals surface area contributed by atoms with Crippen LogP contribution in [0.4, 0.5) is 8.78 Å². The lowest BCUT2D eigenvalue weighted by molar-refractivity contribution is -0.00117. The minimum absolute atomic E-state index is 0.122. The van der Waals surface area contributed by atoms with Crippen LogP contribution in [0.3, 0.4) is 0 Å². The van der Waals surface area contributed by atoms with Gasteiger partial charge in [-0.05, 0) is 35.9 Å². The molecule has 0 radical (unpaired) electrons. The Hall–Kier alpha value is -3.17. The predicted octanol–water partition coefficient (Wildman–Crippen LogP) is 4.20. The van der Waals surface area contributed by atoms with Crippen LogP contribution in [-0.2, 0) is 17.9 Å². The zero-order chi connectivity index (χ0) is 20.0. The zero-order valence-corrected chi connectivity index (χ0v) is 15.5. The van der Waals surface area contributed by atoms with Crippen LogP contribution < -0.4 is 0 Å². The molecule has 29 heavy (non-hydrogen) atoms. The summed E-state index contributed by atoms with van der Waals surface area (Å²) in [6.45, 7) is 0.715. The van der Waals surface area contributed by atoms with Crippen LogP contribution in [0.5, 0.6) is 0 Å². The summed E-state index contributed by atoms with van der Waals surface area (Å²) in [5, 5.41) is 12.8. The van der Waals surface area contributed by atoms with Crippen molar-refractivity contribution in [1.29, 1.82) is 0 Å². The average Bonchev–Trinajstić information content (AvgIpc) is 3.37. The van der Waals surface area contributed by atoms with E-state index in [0.29, 0.717) is 28.5 Å². The van der Waals surface area contributed by atoms with Crippen LogP contribution in [0.2, 0.25) is 5.02 Å². The number of hydrogen-bond acceptors (Lipinski definition) is 6. The molecule has 1 atom stereocenters. The first kappa shape index (κ1) is 17.9. The second kappa shape index (κ2) is 7.02. The van der Waals surface area contributed by atoms with Crippen molar-refractivity contribution in [2.75, 3.05) is 0 Å². The molecule has 0 spiro atoms. The van der Waals surface area contributed by atoms with E-state index in [1.165, 1.54) is 6.07 Å². The van der Waals surface area contributed by atoms with Gasteiger partial charge in [0.1, 0.15) is 6.10 Å². The molecule has 0 saturated heterocycles. The Kier molecular flexibility index (Phi) is 4.33. The highest BCUT2D eigenvalue weighted by atomic mass is 35.5. The van der Waals surface area contributed by atoms with Crippen LogP contribution in [0, 0.1) is 11.6 Å². The highest BCUT2D eigenvalue weighted by Gasteiger charge is 2.28. The van der Waals surface area contributed by atoms with Crippen molar-refractivity contribution >= 4 is 11.6 Å². The fraction of sp³-hybridized carbons (Fsp3) is 0.158. The van der Waals surface area contributed by atoms with E-state index in [9.17, 15) is 8.78 Å². The van der Waals surface area contributed by atoms with Gasteiger partial charge >= 0.3 is 0 Å². The molecule has 0 unspecified atom stereocenters. The molecule has 0 saturated carbocycles. The van der Waals surface area contributed by atoms with E-state index >= 15 is 0 Å². The maximum absolute atomic E-state index is 13.5. The summed E-state index contributed by atoms with van der Waals surface area (Å²) in [5.74, 6) is -1.69. The van der Waals surface area contributed by atoms with Gasteiger partial charge in [-0.3, -0.25) is 0 Å². The number of hydrogen-bond donors (Lipinski definition) is 0. The van der Waals surface area contributed by atoms with E-state index in [0.717, 1.165) is 17.7 Å². The van der Waals surface area contributed by atoms with Gasteiger partial charge < -0.3 is 9.26 Å². The van der Waals surface area contributed by atoms with Gasteiger partial charge in [-0.25, -0.2) is 13.5 Å². The van der Waals surface area contributed by atoms with Crippen LogP contribution in [-0.4, -0.2) is 25.1 Å². The quantitative estimate of drug-likeness (QED) is 0.499. The fourth-order valence-corrected chi connectivity index (χ4v) is 3.25. The predicted molar refractivity (Wildman–Crippen MR) is 97.6 cm³/mol. The first-order chi connectivity index (χ1) is 14.1.